The molecular weight excluding hydrogens is 324 g/mol. The van der Waals surface area contributed by atoms with Crippen LogP contribution < -0.4 is 10.5 Å². The molecule has 0 fully saturated rings. The standard InChI is InChI=1S/C13H14N4O3S2/c14-22(19,20)11-4-2-10(3-5-11)17-12(18)6-9-21-13-15-7-1-8-16-13/h1-5,7-8H,6,9H2,(H,17,18)(H2,14,19,20). The molecule has 2 aromatic rings. The van der Waals surface area contributed by atoms with Gasteiger partial charge in [-0.25, -0.2) is 23.5 Å². The number of primary sulfonamides is 1. The highest BCUT2D eigenvalue weighted by Crippen LogP contribution is 2.15. The summed E-state index contributed by atoms with van der Waals surface area (Å²) in [5, 5.41) is 8.30. The largest absolute Gasteiger partial charge is 0.326 e. The van der Waals surface area contributed by atoms with Crippen molar-refractivity contribution in [2.75, 3.05) is 11.1 Å². The Morgan fingerprint density at radius 2 is 1.82 bits per heavy atom. The molecule has 1 amide bonds. The smallest absolute Gasteiger partial charge is 0.238 e. The number of nitrogens with one attached hydrogen (secondary N) is 1. The van der Waals surface area contributed by atoms with Gasteiger partial charge in [0.1, 0.15) is 0 Å². The highest BCUT2D eigenvalue weighted by Gasteiger charge is 2.08. The quantitative estimate of drug-likeness (QED) is 0.605. The topological polar surface area (TPSA) is 115 Å². The molecule has 1 aromatic heterocycles. The van der Waals surface area contributed by atoms with E-state index in [1.54, 1.807) is 18.5 Å². The number of nitrogens with two attached hydrogens (primary N) is 1. The number of rotatable bonds is 6. The zero-order valence-electron chi connectivity index (χ0n) is 11.5. The molecule has 0 radical (unpaired) electrons. The predicted octanol–water partition coefficient (Wildman–Crippen LogP) is 1.24. The first kappa shape index (κ1) is 16.4. The second kappa shape index (κ2) is 7.34. The van der Waals surface area contributed by atoms with E-state index in [1.807, 2.05) is 0 Å². The van der Waals surface area contributed by atoms with Gasteiger partial charge in [-0.15, -0.1) is 0 Å². The van der Waals surface area contributed by atoms with Gasteiger partial charge in [-0.1, -0.05) is 11.8 Å². The molecule has 1 heterocycles. The third-order valence-electron chi connectivity index (χ3n) is 2.57. The van der Waals surface area contributed by atoms with E-state index in [0.29, 0.717) is 23.0 Å². The van der Waals surface area contributed by atoms with Crippen LogP contribution in [0.25, 0.3) is 0 Å². The Morgan fingerprint density at radius 3 is 2.41 bits per heavy atom. The molecule has 116 valence electrons. The van der Waals surface area contributed by atoms with Crippen molar-refractivity contribution in [2.45, 2.75) is 16.5 Å². The molecule has 1 aromatic carbocycles. The fourth-order valence-corrected chi connectivity index (χ4v) is 2.80. The van der Waals surface area contributed by atoms with Crippen molar-refractivity contribution in [1.82, 2.24) is 9.97 Å². The highest BCUT2D eigenvalue weighted by atomic mass is 32.2. The Labute approximate surface area is 132 Å². The van der Waals surface area contributed by atoms with Crippen LogP contribution in [0.5, 0.6) is 0 Å². The van der Waals surface area contributed by atoms with Crippen LogP contribution >= 0.6 is 11.8 Å². The maximum Gasteiger partial charge on any atom is 0.238 e. The summed E-state index contributed by atoms with van der Waals surface area (Å²) in [5.74, 6) is 0.372. The molecule has 0 bridgehead atoms. The second-order valence-corrected chi connectivity index (χ2v) is 6.87. The van der Waals surface area contributed by atoms with Gasteiger partial charge in [0.05, 0.1) is 4.90 Å². The van der Waals surface area contributed by atoms with Crippen molar-refractivity contribution in [3.8, 4) is 0 Å². The summed E-state index contributed by atoms with van der Waals surface area (Å²) in [5.41, 5.74) is 0.512. The third-order valence-corrected chi connectivity index (χ3v) is 4.38. The number of carbonyl (C=O) groups excluding carboxylic acids is 1. The molecule has 0 spiro atoms. The van der Waals surface area contributed by atoms with Crippen LogP contribution in [0.4, 0.5) is 5.69 Å². The molecule has 9 heteroatoms. The molecule has 3 N–H and O–H groups in total. The summed E-state index contributed by atoms with van der Waals surface area (Å²) >= 11 is 1.39. The fourth-order valence-electron chi connectivity index (χ4n) is 1.55. The minimum atomic E-state index is -3.72. The number of thioether (sulfide) groups is 1. The zero-order valence-corrected chi connectivity index (χ0v) is 13.1. The third kappa shape index (κ3) is 5.10. The number of aromatic nitrogens is 2. The van der Waals surface area contributed by atoms with Crippen molar-refractivity contribution in [3.05, 3.63) is 42.7 Å². The predicted molar refractivity (Wildman–Crippen MR) is 83.8 cm³/mol. The van der Waals surface area contributed by atoms with Gasteiger partial charge in [-0.05, 0) is 30.3 Å². The lowest BCUT2D eigenvalue weighted by Crippen LogP contribution is -2.14. The number of nitrogens with zero attached hydrogens (tertiary/aromatic N) is 2. The lowest BCUT2D eigenvalue weighted by Gasteiger charge is -2.05. The van der Waals surface area contributed by atoms with E-state index in [0.717, 1.165) is 0 Å². The Balaban J connectivity index is 1.82. The number of anilines is 1. The maximum atomic E-state index is 11.8. The monoisotopic (exact) mass is 338 g/mol. The molecule has 0 saturated carbocycles. The van der Waals surface area contributed by atoms with E-state index in [2.05, 4.69) is 15.3 Å². The van der Waals surface area contributed by atoms with Crippen LogP contribution in [0.2, 0.25) is 0 Å². The van der Waals surface area contributed by atoms with Crippen LogP contribution in [-0.2, 0) is 14.8 Å². The fraction of sp³-hybridized carbons (Fsp3) is 0.154. The van der Waals surface area contributed by atoms with E-state index in [9.17, 15) is 13.2 Å². The van der Waals surface area contributed by atoms with E-state index in [-0.39, 0.29) is 10.8 Å². The van der Waals surface area contributed by atoms with Crippen LogP contribution in [0.1, 0.15) is 6.42 Å². The lowest BCUT2D eigenvalue weighted by atomic mass is 10.3. The van der Waals surface area contributed by atoms with Gasteiger partial charge in [-0.3, -0.25) is 4.79 Å². The summed E-state index contributed by atoms with van der Waals surface area (Å²) in [6, 6.07) is 7.40. The number of amides is 1. The van der Waals surface area contributed by atoms with Crippen LogP contribution in [-0.4, -0.2) is 30.0 Å². The second-order valence-electron chi connectivity index (χ2n) is 4.25. The lowest BCUT2D eigenvalue weighted by molar-refractivity contribution is -0.115. The van der Waals surface area contributed by atoms with E-state index >= 15 is 0 Å². The summed E-state index contributed by atoms with van der Waals surface area (Å²) < 4.78 is 22.2. The van der Waals surface area contributed by atoms with Crippen molar-refractivity contribution < 1.29 is 13.2 Å². The van der Waals surface area contributed by atoms with E-state index in [4.69, 9.17) is 5.14 Å². The van der Waals surface area contributed by atoms with Gasteiger partial charge < -0.3 is 5.32 Å². The Morgan fingerprint density at radius 1 is 1.18 bits per heavy atom. The van der Waals surface area contributed by atoms with E-state index in [1.165, 1.54) is 36.0 Å². The molecular formula is C13H14N4O3S2. The zero-order chi connectivity index (χ0) is 16.0. The van der Waals surface area contributed by atoms with Crippen LogP contribution in [0.15, 0.2) is 52.8 Å². The Hall–Kier alpha value is -1.97. The molecule has 0 aliphatic heterocycles. The van der Waals surface area contributed by atoms with Gasteiger partial charge in [0.2, 0.25) is 15.9 Å². The van der Waals surface area contributed by atoms with Crippen molar-refractivity contribution in [3.63, 3.8) is 0 Å². The minimum Gasteiger partial charge on any atom is -0.326 e. The Bertz CT molecular complexity index is 734. The van der Waals surface area contributed by atoms with Crippen LogP contribution in [0.3, 0.4) is 0 Å². The van der Waals surface area contributed by atoms with Crippen molar-refractivity contribution in [1.29, 1.82) is 0 Å². The molecule has 0 unspecified atom stereocenters. The summed E-state index contributed by atoms with van der Waals surface area (Å²) in [4.78, 5) is 19.9. The van der Waals surface area contributed by atoms with Crippen LogP contribution in [0, 0.1) is 0 Å². The first-order valence-electron chi connectivity index (χ1n) is 6.28. The first-order valence-corrected chi connectivity index (χ1v) is 8.81. The SMILES string of the molecule is NS(=O)(=O)c1ccc(NC(=O)CCSc2ncccn2)cc1. The number of sulfonamides is 1. The summed E-state index contributed by atoms with van der Waals surface area (Å²) in [7, 11) is -3.72. The Kier molecular flexibility index (Phi) is 5.47. The number of hydrogen-bond acceptors (Lipinski definition) is 6. The van der Waals surface area contributed by atoms with Gasteiger partial charge in [-0.2, -0.15) is 0 Å². The summed E-state index contributed by atoms with van der Waals surface area (Å²) in [6.07, 6.45) is 3.57. The van der Waals surface area contributed by atoms with Crippen molar-refractivity contribution in [2.24, 2.45) is 5.14 Å². The molecule has 0 atom stereocenters. The molecule has 2 rings (SSSR count). The number of hydrogen-bond donors (Lipinski definition) is 2. The first-order chi connectivity index (χ1) is 10.4. The number of carbonyl (C=O) groups is 1. The number of benzene rings is 1. The van der Waals surface area contributed by atoms with Gasteiger partial charge in [0.15, 0.2) is 5.16 Å². The molecule has 0 aliphatic carbocycles. The highest BCUT2D eigenvalue weighted by molar-refractivity contribution is 7.99. The van der Waals surface area contributed by atoms with Gasteiger partial charge >= 0.3 is 0 Å². The van der Waals surface area contributed by atoms with E-state index < -0.39 is 10.0 Å². The average molecular weight is 338 g/mol. The van der Waals surface area contributed by atoms with Gasteiger partial charge in [0, 0.05) is 30.3 Å². The summed E-state index contributed by atoms with van der Waals surface area (Å²) in [6.45, 7) is 0. The minimum absolute atomic E-state index is 0.00211. The molecule has 0 aliphatic rings. The molecule has 22 heavy (non-hydrogen) atoms. The molecule has 0 saturated heterocycles. The van der Waals surface area contributed by atoms with Gasteiger partial charge in [0.25, 0.3) is 0 Å². The average Bonchev–Trinajstić information content (AvgIpc) is 2.48. The normalized spacial score (nSPS) is 11.1. The maximum absolute atomic E-state index is 11.8. The molecule has 7 nitrogen and oxygen atoms in total. The van der Waals surface area contributed by atoms with Crippen molar-refractivity contribution >= 4 is 33.4 Å².